The smallest absolute Gasteiger partial charge is 0.495 e. The molecule has 32 heavy (non-hydrogen) atoms. The molecule has 1 aliphatic rings. The van der Waals surface area contributed by atoms with Crippen LogP contribution in [-0.4, -0.2) is 43.9 Å². The second kappa shape index (κ2) is 9.98. The van der Waals surface area contributed by atoms with Crippen molar-refractivity contribution in [1.29, 1.82) is 0 Å². The highest BCUT2D eigenvalue weighted by atomic mass is 32.2. The number of hydrogen-bond donors (Lipinski definition) is 1. The predicted octanol–water partition coefficient (Wildman–Crippen LogP) is 3.59. The van der Waals surface area contributed by atoms with Crippen molar-refractivity contribution in [3.05, 3.63) is 53.6 Å². The number of nitrogens with two attached hydrogens (primary N) is 1. The highest BCUT2D eigenvalue weighted by Gasteiger charge is 2.52. The molecule has 0 amide bonds. The summed E-state index contributed by atoms with van der Waals surface area (Å²) in [5.41, 5.74) is 7.66. The van der Waals surface area contributed by atoms with Crippen LogP contribution in [0.4, 0.5) is 0 Å². The van der Waals surface area contributed by atoms with Crippen molar-refractivity contribution in [3.8, 4) is 11.5 Å². The maximum atomic E-state index is 6.25. The van der Waals surface area contributed by atoms with Crippen molar-refractivity contribution in [2.75, 3.05) is 14.2 Å². The third-order valence-corrected chi connectivity index (χ3v) is 6.54. The predicted molar refractivity (Wildman–Crippen MR) is 132 cm³/mol. The zero-order chi connectivity index (χ0) is 23.4. The van der Waals surface area contributed by atoms with E-state index in [2.05, 4.69) is 10.2 Å². The van der Waals surface area contributed by atoms with Crippen molar-refractivity contribution in [3.63, 3.8) is 0 Å². The van der Waals surface area contributed by atoms with E-state index in [1.54, 1.807) is 26.5 Å². The van der Waals surface area contributed by atoms with Crippen molar-refractivity contribution in [2.24, 2.45) is 15.9 Å². The highest BCUT2D eigenvalue weighted by molar-refractivity contribution is 8.13. The van der Waals surface area contributed by atoms with E-state index in [1.807, 2.05) is 64.1 Å². The van der Waals surface area contributed by atoms with Crippen LogP contribution in [0.2, 0.25) is 0 Å². The van der Waals surface area contributed by atoms with Crippen molar-refractivity contribution in [2.45, 2.75) is 44.6 Å². The summed E-state index contributed by atoms with van der Waals surface area (Å²) in [4.78, 5) is 0. The van der Waals surface area contributed by atoms with Crippen molar-refractivity contribution < 1.29 is 18.8 Å². The number of methoxy groups -OCH3 is 2. The molecule has 1 aliphatic heterocycles. The number of rotatable bonds is 7. The van der Waals surface area contributed by atoms with Crippen LogP contribution in [0.25, 0.3) is 0 Å². The van der Waals surface area contributed by atoms with Gasteiger partial charge in [0.2, 0.25) is 0 Å². The molecule has 1 fully saturated rings. The Morgan fingerprint density at radius 1 is 1.06 bits per heavy atom. The van der Waals surface area contributed by atoms with E-state index in [0.29, 0.717) is 22.2 Å². The minimum atomic E-state index is -0.612. The molecular formula is C23H30BN3O4S. The van der Waals surface area contributed by atoms with Gasteiger partial charge >= 0.3 is 7.12 Å². The monoisotopic (exact) mass is 455 g/mol. The Balaban J connectivity index is 1.86. The van der Waals surface area contributed by atoms with Crippen LogP contribution in [0, 0.1) is 0 Å². The molecule has 170 valence electrons. The molecular weight excluding hydrogens is 425 g/mol. The Morgan fingerprint density at radius 3 is 2.31 bits per heavy atom. The number of amidine groups is 1. The molecule has 2 aromatic rings. The standard InChI is InChI=1S/C23H30BN3O4S/c1-22(2)23(3,4)31-24(30-22)19-12-17(28-5)13-20(29-6)18(19)14-26-27-21(25)32-15-16-10-8-7-9-11-16/h7-14H,15H2,1-6H3,(H2,25,27). The van der Waals surface area contributed by atoms with E-state index in [9.17, 15) is 0 Å². The van der Waals surface area contributed by atoms with Crippen LogP contribution in [-0.2, 0) is 15.1 Å². The summed E-state index contributed by atoms with van der Waals surface area (Å²) < 4.78 is 23.5. The van der Waals surface area contributed by atoms with Gasteiger partial charge in [-0.05, 0) is 44.8 Å². The summed E-state index contributed by atoms with van der Waals surface area (Å²) in [5.74, 6) is 1.92. The lowest BCUT2D eigenvalue weighted by Gasteiger charge is -2.32. The molecule has 0 spiro atoms. The van der Waals surface area contributed by atoms with Crippen LogP contribution in [0.1, 0.15) is 38.8 Å². The Kier molecular flexibility index (Phi) is 7.53. The lowest BCUT2D eigenvalue weighted by atomic mass is 9.75. The molecule has 0 atom stereocenters. The first-order valence-corrected chi connectivity index (χ1v) is 11.3. The van der Waals surface area contributed by atoms with Gasteiger partial charge in [0.1, 0.15) is 11.5 Å². The van der Waals surface area contributed by atoms with Gasteiger partial charge in [0.15, 0.2) is 5.17 Å². The highest BCUT2D eigenvalue weighted by Crippen LogP contribution is 2.37. The number of nitrogens with zero attached hydrogens (tertiary/aromatic N) is 2. The fraction of sp³-hybridized carbons (Fsp3) is 0.391. The minimum Gasteiger partial charge on any atom is -0.497 e. The molecule has 0 aliphatic carbocycles. The van der Waals surface area contributed by atoms with Gasteiger partial charge in [0, 0.05) is 17.4 Å². The molecule has 2 aromatic carbocycles. The zero-order valence-electron chi connectivity index (χ0n) is 19.4. The Morgan fingerprint density at radius 2 is 1.72 bits per heavy atom. The quantitative estimate of drug-likeness (QED) is 0.297. The first kappa shape index (κ1) is 24.2. The molecule has 3 rings (SSSR count). The van der Waals surface area contributed by atoms with E-state index < -0.39 is 18.3 Å². The molecule has 1 heterocycles. The van der Waals surface area contributed by atoms with Gasteiger partial charge in [-0.1, -0.05) is 42.1 Å². The van der Waals surface area contributed by atoms with Gasteiger partial charge in [0.05, 0.1) is 31.6 Å². The average Bonchev–Trinajstić information content (AvgIpc) is 2.99. The lowest BCUT2D eigenvalue weighted by Crippen LogP contribution is -2.41. The molecule has 0 radical (unpaired) electrons. The Labute approximate surface area is 194 Å². The lowest BCUT2D eigenvalue weighted by molar-refractivity contribution is 0.00578. The molecule has 0 bridgehead atoms. The molecule has 0 unspecified atom stereocenters. The van der Waals surface area contributed by atoms with Gasteiger partial charge < -0.3 is 24.5 Å². The third-order valence-electron chi connectivity index (χ3n) is 5.68. The number of ether oxygens (including phenoxy) is 2. The molecule has 9 heteroatoms. The van der Waals surface area contributed by atoms with Gasteiger partial charge in [0.25, 0.3) is 0 Å². The molecule has 0 saturated carbocycles. The van der Waals surface area contributed by atoms with Crippen LogP contribution in [0.15, 0.2) is 52.7 Å². The Bertz CT molecular complexity index is 980. The fourth-order valence-corrected chi connectivity index (χ4v) is 3.73. The Hall–Kier alpha value is -2.49. The largest absolute Gasteiger partial charge is 0.497 e. The fourth-order valence-electron chi connectivity index (χ4n) is 3.12. The van der Waals surface area contributed by atoms with Gasteiger partial charge in [-0.15, -0.1) is 5.10 Å². The summed E-state index contributed by atoms with van der Waals surface area (Å²) in [6.45, 7) is 8.03. The van der Waals surface area contributed by atoms with Crippen LogP contribution in [0.3, 0.4) is 0 Å². The normalized spacial score (nSPS) is 17.7. The molecule has 1 saturated heterocycles. The summed E-state index contributed by atoms with van der Waals surface area (Å²) in [6.07, 6.45) is 1.61. The summed E-state index contributed by atoms with van der Waals surface area (Å²) in [5, 5.41) is 8.71. The van der Waals surface area contributed by atoms with Crippen LogP contribution >= 0.6 is 11.8 Å². The summed E-state index contributed by atoms with van der Waals surface area (Å²) in [6, 6.07) is 13.7. The van der Waals surface area contributed by atoms with E-state index in [1.165, 1.54) is 17.3 Å². The van der Waals surface area contributed by atoms with Crippen molar-refractivity contribution in [1.82, 2.24) is 0 Å². The molecule has 0 aromatic heterocycles. The summed E-state index contributed by atoms with van der Waals surface area (Å²) >= 11 is 1.42. The zero-order valence-corrected chi connectivity index (χ0v) is 20.2. The van der Waals surface area contributed by atoms with E-state index >= 15 is 0 Å². The topological polar surface area (TPSA) is 87.7 Å². The number of benzene rings is 2. The van der Waals surface area contributed by atoms with Gasteiger partial charge in [-0.2, -0.15) is 5.10 Å². The second-order valence-electron chi connectivity index (χ2n) is 8.38. The maximum absolute atomic E-state index is 6.25. The maximum Gasteiger partial charge on any atom is 0.495 e. The first-order chi connectivity index (χ1) is 15.2. The summed E-state index contributed by atoms with van der Waals surface area (Å²) in [7, 11) is 2.58. The molecule has 2 N–H and O–H groups in total. The van der Waals surface area contributed by atoms with Crippen molar-refractivity contribution >= 4 is 35.7 Å². The van der Waals surface area contributed by atoms with E-state index in [4.69, 9.17) is 24.5 Å². The average molecular weight is 455 g/mol. The SMILES string of the molecule is COc1cc(OC)c(C=NN=C(N)SCc2ccccc2)c(B2OC(C)(C)C(C)(C)O2)c1. The van der Waals surface area contributed by atoms with Crippen LogP contribution in [0.5, 0.6) is 11.5 Å². The number of thioether (sulfide) groups is 1. The van der Waals surface area contributed by atoms with Gasteiger partial charge in [-0.25, -0.2) is 0 Å². The molecule has 7 nitrogen and oxygen atoms in total. The van der Waals surface area contributed by atoms with E-state index in [0.717, 1.165) is 11.2 Å². The first-order valence-electron chi connectivity index (χ1n) is 10.3. The van der Waals surface area contributed by atoms with Gasteiger partial charge in [-0.3, -0.25) is 0 Å². The number of hydrogen-bond acceptors (Lipinski definition) is 7. The second-order valence-corrected chi connectivity index (χ2v) is 9.37. The third kappa shape index (κ3) is 5.46. The van der Waals surface area contributed by atoms with Crippen LogP contribution < -0.4 is 20.7 Å². The minimum absolute atomic E-state index is 0.370. The van der Waals surface area contributed by atoms with E-state index in [-0.39, 0.29) is 0 Å².